The molecule has 0 saturated carbocycles. The third-order valence-corrected chi connectivity index (χ3v) is 5.86. The minimum Gasteiger partial charge on any atom is -0.452 e. The molecular weight excluding hydrogens is 350 g/mol. The number of carbonyl (C=O) groups is 2. The summed E-state index contributed by atoms with van der Waals surface area (Å²) < 4.78 is 5.38. The van der Waals surface area contributed by atoms with E-state index in [2.05, 4.69) is 13.0 Å². The van der Waals surface area contributed by atoms with Gasteiger partial charge in [-0.25, -0.2) is 4.79 Å². The molecule has 150 valence electrons. The molecule has 0 bridgehead atoms. The number of aryl methyl sites for hydroxylation is 2. The molecule has 0 unspecified atom stereocenters. The normalized spacial score (nSPS) is 10.7. The van der Waals surface area contributed by atoms with Crippen molar-refractivity contribution in [3.8, 4) is 0 Å². The smallest absolute Gasteiger partial charge is 0.339 e. The predicted molar refractivity (Wildman–Crippen MR) is 113 cm³/mol. The quantitative estimate of drug-likeness (QED) is 0.708. The van der Waals surface area contributed by atoms with Gasteiger partial charge < -0.3 is 9.64 Å². The van der Waals surface area contributed by atoms with Crippen LogP contribution in [0.2, 0.25) is 0 Å². The van der Waals surface area contributed by atoms with Gasteiger partial charge in [-0.1, -0.05) is 23.8 Å². The monoisotopic (exact) mass is 381 g/mol. The van der Waals surface area contributed by atoms with Crippen molar-refractivity contribution in [1.29, 1.82) is 0 Å². The van der Waals surface area contributed by atoms with Gasteiger partial charge in [0.2, 0.25) is 0 Å². The van der Waals surface area contributed by atoms with E-state index >= 15 is 0 Å². The van der Waals surface area contributed by atoms with E-state index in [0.717, 1.165) is 33.4 Å². The molecule has 0 fully saturated rings. The van der Waals surface area contributed by atoms with Crippen molar-refractivity contribution in [2.75, 3.05) is 13.7 Å². The van der Waals surface area contributed by atoms with E-state index in [9.17, 15) is 9.59 Å². The first-order chi connectivity index (χ1) is 13.0. The molecule has 4 heteroatoms. The zero-order valence-corrected chi connectivity index (χ0v) is 18.3. The summed E-state index contributed by atoms with van der Waals surface area (Å²) in [6, 6.07) is 6.17. The third kappa shape index (κ3) is 4.44. The van der Waals surface area contributed by atoms with Crippen LogP contribution in [-0.4, -0.2) is 30.4 Å². The Hall–Kier alpha value is -2.62. The van der Waals surface area contributed by atoms with Gasteiger partial charge in [0.05, 0.1) is 5.56 Å². The fourth-order valence-corrected chi connectivity index (χ4v) is 3.48. The average molecular weight is 382 g/mol. The fourth-order valence-electron chi connectivity index (χ4n) is 3.48. The fraction of sp³-hybridized carbons (Fsp3) is 0.417. The molecule has 0 spiro atoms. The number of likely N-dealkylation sites (N-methyl/N-ethyl adjacent to an activating group) is 1. The average Bonchev–Trinajstić information content (AvgIpc) is 2.65. The molecule has 0 aromatic heterocycles. The van der Waals surface area contributed by atoms with Gasteiger partial charge in [-0.3, -0.25) is 4.79 Å². The summed E-state index contributed by atoms with van der Waals surface area (Å²) >= 11 is 0. The summed E-state index contributed by atoms with van der Waals surface area (Å²) in [6.45, 7) is 14.3. The minimum atomic E-state index is -0.436. The minimum absolute atomic E-state index is 0.218. The summed E-state index contributed by atoms with van der Waals surface area (Å²) in [5.74, 6) is -0.654. The maximum atomic E-state index is 12.7. The van der Waals surface area contributed by atoms with Crippen LogP contribution in [0.1, 0.15) is 54.9 Å². The number of nitrogens with zero attached hydrogens (tertiary/aromatic N) is 1. The van der Waals surface area contributed by atoms with Crippen molar-refractivity contribution in [1.82, 2.24) is 4.90 Å². The van der Waals surface area contributed by atoms with Gasteiger partial charge in [0, 0.05) is 13.6 Å². The molecule has 0 radical (unpaired) electrons. The highest BCUT2D eigenvalue weighted by atomic mass is 16.5. The zero-order valence-electron chi connectivity index (χ0n) is 18.3. The van der Waals surface area contributed by atoms with Gasteiger partial charge in [0.25, 0.3) is 5.91 Å². The van der Waals surface area contributed by atoms with Gasteiger partial charge in [-0.05, 0) is 87.4 Å². The van der Waals surface area contributed by atoms with Crippen molar-refractivity contribution in [3.05, 3.63) is 68.3 Å². The largest absolute Gasteiger partial charge is 0.452 e. The van der Waals surface area contributed by atoms with Crippen molar-refractivity contribution < 1.29 is 14.3 Å². The zero-order chi connectivity index (χ0) is 21.2. The Labute approximate surface area is 168 Å². The molecule has 0 N–H and O–H groups in total. The molecule has 0 aliphatic carbocycles. The summed E-state index contributed by atoms with van der Waals surface area (Å²) in [4.78, 5) is 26.7. The first-order valence-corrected chi connectivity index (χ1v) is 9.58. The maximum Gasteiger partial charge on any atom is 0.339 e. The molecule has 0 saturated heterocycles. The number of benzene rings is 2. The Kier molecular flexibility index (Phi) is 6.65. The SMILES string of the molecule is Cc1ccc(CN(C)C(=O)COC(=O)c2c(C)c(C)c(C)c(C)c2C)c(C)c1. The summed E-state index contributed by atoms with van der Waals surface area (Å²) in [5.41, 5.74) is 9.21. The number of carbonyl (C=O) groups excluding carboxylic acids is 2. The molecule has 0 atom stereocenters. The highest BCUT2D eigenvalue weighted by Crippen LogP contribution is 2.26. The highest BCUT2D eigenvalue weighted by Gasteiger charge is 2.21. The first-order valence-electron chi connectivity index (χ1n) is 9.58. The van der Waals surface area contributed by atoms with Crippen LogP contribution in [0.25, 0.3) is 0 Å². The van der Waals surface area contributed by atoms with E-state index in [1.807, 2.05) is 53.7 Å². The van der Waals surface area contributed by atoms with Crippen LogP contribution in [-0.2, 0) is 16.1 Å². The number of hydrogen-bond donors (Lipinski definition) is 0. The topological polar surface area (TPSA) is 46.6 Å². The van der Waals surface area contributed by atoms with Crippen molar-refractivity contribution in [2.24, 2.45) is 0 Å². The lowest BCUT2D eigenvalue weighted by molar-refractivity contribution is -0.133. The van der Waals surface area contributed by atoms with Gasteiger partial charge in [0.15, 0.2) is 6.61 Å². The predicted octanol–water partition coefficient (Wildman–Crippen LogP) is 4.66. The van der Waals surface area contributed by atoms with Crippen LogP contribution in [0.15, 0.2) is 18.2 Å². The Morgan fingerprint density at radius 3 is 1.93 bits per heavy atom. The molecule has 2 rings (SSSR count). The van der Waals surface area contributed by atoms with Crippen molar-refractivity contribution in [3.63, 3.8) is 0 Å². The van der Waals surface area contributed by atoms with Crippen LogP contribution in [0.4, 0.5) is 0 Å². The molecule has 0 aliphatic heterocycles. The van der Waals surface area contributed by atoms with E-state index in [-0.39, 0.29) is 12.5 Å². The summed E-state index contributed by atoms with van der Waals surface area (Å²) in [5, 5.41) is 0. The van der Waals surface area contributed by atoms with Crippen LogP contribution in [0, 0.1) is 48.5 Å². The molecule has 28 heavy (non-hydrogen) atoms. The van der Waals surface area contributed by atoms with Gasteiger partial charge in [0.1, 0.15) is 0 Å². The van der Waals surface area contributed by atoms with Gasteiger partial charge in [-0.15, -0.1) is 0 Å². The van der Waals surface area contributed by atoms with Crippen LogP contribution in [0.3, 0.4) is 0 Å². The molecule has 4 nitrogen and oxygen atoms in total. The summed E-state index contributed by atoms with van der Waals surface area (Å²) in [7, 11) is 1.73. The number of rotatable bonds is 5. The lowest BCUT2D eigenvalue weighted by atomic mass is 9.90. The van der Waals surface area contributed by atoms with Gasteiger partial charge >= 0.3 is 5.97 Å². The second-order valence-electron chi connectivity index (χ2n) is 7.76. The van der Waals surface area contributed by atoms with Crippen LogP contribution < -0.4 is 0 Å². The highest BCUT2D eigenvalue weighted by molar-refractivity contribution is 5.95. The standard InChI is InChI=1S/C24H31NO3/c1-14-9-10-21(15(2)11-14)12-25(8)22(26)13-28-24(27)23-19(6)17(4)16(3)18(5)20(23)7/h9-11H,12-13H2,1-8H3. The Bertz CT molecular complexity index is 899. The molecule has 2 aromatic carbocycles. The Morgan fingerprint density at radius 2 is 1.39 bits per heavy atom. The number of hydrogen-bond acceptors (Lipinski definition) is 3. The van der Waals surface area contributed by atoms with E-state index in [1.54, 1.807) is 11.9 Å². The Balaban J connectivity index is 2.07. The molecule has 1 amide bonds. The number of amides is 1. The van der Waals surface area contributed by atoms with Crippen molar-refractivity contribution >= 4 is 11.9 Å². The maximum absolute atomic E-state index is 12.7. The Morgan fingerprint density at radius 1 is 0.857 bits per heavy atom. The number of ether oxygens (including phenoxy) is 1. The lowest BCUT2D eigenvalue weighted by Crippen LogP contribution is -2.31. The third-order valence-electron chi connectivity index (χ3n) is 5.86. The van der Waals surface area contributed by atoms with Crippen LogP contribution in [0.5, 0.6) is 0 Å². The molecular formula is C24H31NO3. The van der Waals surface area contributed by atoms with Crippen molar-refractivity contribution in [2.45, 2.75) is 55.0 Å². The lowest BCUT2D eigenvalue weighted by Gasteiger charge is -2.20. The summed E-state index contributed by atoms with van der Waals surface area (Å²) in [6.07, 6.45) is 0. The van der Waals surface area contributed by atoms with Gasteiger partial charge in [-0.2, -0.15) is 0 Å². The van der Waals surface area contributed by atoms with E-state index in [0.29, 0.717) is 12.1 Å². The van der Waals surface area contributed by atoms with E-state index in [4.69, 9.17) is 4.74 Å². The second-order valence-corrected chi connectivity index (χ2v) is 7.76. The first kappa shape index (κ1) is 21.7. The number of esters is 1. The van der Waals surface area contributed by atoms with E-state index in [1.165, 1.54) is 11.1 Å². The van der Waals surface area contributed by atoms with E-state index < -0.39 is 5.97 Å². The molecule has 2 aromatic rings. The second kappa shape index (κ2) is 8.59. The molecule has 0 aliphatic rings. The van der Waals surface area contributed by atoms with Crippen LogP contribution >= 0.6 is 0 Å². The molecule has 0 heterocycles.